The van der Waals surface area contributed by atoms with E-state index in [4.69, 9.17) is 28.4 Å². The minimum absolute atomic E-state index is 0.0141. The Morgan fingerprint density at radius 3 is 1.95 bits per heavy atom. The SMILES string of the molecule is CC1(C)CCC2(C(=O)O)CCC3(C)C(=CCC4C5(C)CCC(OC6OCC(O)C(O)C6OC6OC(CO)C(O)C(OC7OC(CO)C(O)C(O)C7O)C6O)C(C)(CO)C5CCC43C)C2C1. The zero-order chi connectivity index (χ0) is 47.4. The van der Waals surface area contributed by atoms with Crippen molar-refractivity contribution in [1.82, 2.24) is 0 Å². The molecule has 372 valence electrons. The molecule has 0 aromatic carbocycles. The van der Waals surface area contributed by atoms with Gasteiger partial charge in [-0.2, -0.15) is 0 Å². The van der Waals surface area contributed by atoms with Gasteiger partial charge < -0.3 is 84.6 Å². The van der Waals surface area contributed by atoms with Gasteiger partial charge in [-0.25, -0.2) is 0 Å². The fourth-order valence-electron chi connectivity index (χ4n) is 14.9. The molecule has 65 heavy (non-hydrogen) atoms. The molecule has 7 fully saturated rings. The molecule has 18 heteroatoms. The Labute approximate surface area is 380 Å². The summed E-state index contributed by atoms with van der Waals surface area (Å²) in [6.07, 6.45) is -13.7. The predicted octanol–water partition coefficient (Wildman–Crippen LogP) is 0.318. The first-order chi connectivity index (χ1) is 30.5. The third-order valence-corrected chi connectivity index (χ3v) is 19.1. The van der Waals surface area contributed by atoms with Crippen molar-refractivity contribution in [3.05, 3.63) is 11.6 Å². The van der Waals surface area contributed by atoms with Gasteiger partial charge in [0, 0.05) is 5.41 Å². The third-order valence-electron chi connectivity index (χ3n) is 19.1. The van der Waals surface area contributed by atoms with Crippen LogP contribution in [0, 0.1) is 50.2 Å². The highest BCUT2D eigenvalue weighted by Gasteiger charge is 2.70. The zero-order valence-electron chi connectivity index (χ0n) is 38.6. The van der Waals surface area contributed by atoms with Crippen LogP contribution < -0.4 is 0 Å². The summed E-state index contributed by atoms with van der Waals surface area (Å²) >= 11 is 0. The topological polar surface area (TPSA) is 295 Å². The first-order valence-electron chi connectivity index (χ1n) is 23.9. The molecular formula is C47H76O18. The molecule has 11 N–H and O–H groups in total. The number of rotatable bonds is 10. The lowest BCUT2D eigenvalue weighted by molar-refractivity contribution is -0.385. The van der Waals surface area contributed by atoms with Crippen LogP contribution in [0.3, 0.4) is 0 Å². The highest BCUT2D eigenvalue weighted by atomic mass is 16.8. The lowest BCUT2D eigenvalue weighted by atomic mass is 9.33. The van der Waals surface area contributed by atoms with E-state index in [9.17, 15) is 61.0 Å². The summed E-state index contributed by atoms with van der Waals surface area (Å²) in [7, 11) is 0. The number of ether oxygens (including phenoxy) is 6. The van der Waals surface area contributed by atoms with E-state index in [2.05, 4.69) is 40.7 Å². The molecule has 8 rings (SSSR count). The van der Waals surface area contributed by atoms with Crippen LogP contribution in [0.25, 0.3) is 0 Å². The lowest BCUT2D eigenvalue weighted by Crippen LogP contribution is -2.67. The molecule has 4 saturated carbocycles. The largest absolute Gasteiger partial charge is 0.481 e. The number of aliphatic carboxylic acids is 1. The van der Waals surface area contributed by atoms with Crippen LogP contribution in [0.15, 0.2) is 11.6 Å². The van der Waals surface area contributed by atoms with Gasteiger partial charge in [0.25, 0.3) is 0 Å². The number of hydrogen-bond acceptors (Lipinski definition) is 17. The number of carboxylic acid groups (broad SMARTS) is 1. The third kappa shape index (κ3) is 7.80. The predicted molar refractivity (Wildman–Crippen MR) is 226 cm³/mol. The summed E-state index contributed by atoms with van der Waals surface area (Å²) in [4.78, 5) is 13.1. The number of aliphatic hydroxyl groups excluding tert-OH is 10. The van der Waals surface area contributed by atoms with E-state index in [1.54, 1.807) is 0 Å². The smallest absolute Gasteiger partial charge is 0.310 e. The van der Waals surface area contributed by atoms with Crippen molar-refractivity contribution in [2.75, 3.05) is 26.4 Å². The molecule has 18 nitrogen and oxygen atoms in total. The summed E-state index contributed by atoms with van der Waals surface area (Å²) in [6.45, 7) is 11.6. The Bertz CT molecular complexity index is 1760. The Kier molecular flexibility index (Phi) is 13.7. The molecular weight excluding hydrogens is 852 g/mol. The van der Waals surface area contributed by atoms with Crippen molar-refractivity contribution in [2.45, 2.75) is 198 Å². The van der Waals surface area contributed by atoms with Gasteiger partial charge in [0.05, 0.1) is 37.9 Å². The van der Waals surface area contributed by atoms with Gasteiger partial charge >= 0.3 is 5.97 Å². The second-order valence-corrected chi connectivity index (χ2v) is 22.9. The van der Waals surface area contributed by atoms with Crippen molar-refractivity contribution in [2.24, 2.45) is 50.2 Å². The average Bonchev–Trinajstić information content (AvgIpc) is 3.26. The number of carboxylic acids is 1. The number of allylic oxidation sites excluding steroid dienone is 2. The molecule has 3 saturated heterocycles. The Morgan fingerprint density at radius 1 is 0.677 bits per heavy atom. The Morgan fingerprint density at radius 2 is 1.31 bits per heavy atom. The fraction of sp³-hybridized carbons (Fsp3) is 0.936. The molecule has 23 atom stereocenters. The Balaban J connectivity index is 1.02. The first-order valence-corrected chi connectivity index (χ1v) is 23.9. The van der Waals surface area contributed by atoms with Crippen molar-refractivity contribution in [3.63, 3.8) is 0 Å². The molecule has 5 aliphatic carbocycles. The second kappa shape index (κ2) is 17.8. The molecule has 0 aromatic heterocycles. The molecule has 0 aromatic rings. The van der Waals surface area contributed by atoms with Crippen molar-refractivity contribution >= 4 is 5.97 Å². The van der Waals surface area contributed by atoms with Gasteiger partial charge in [-0.3, -0.25) is 4.79 Å². The molecule has 0 radical (unpaired) electrons. The maximum absolute atomic E-state index is 13.1. The number of carbonyl (C=O) groups is 1. The van der Waals surface area contributed by atoms with Gasteiger partial charge in [-0.1, -0.05) is 53.2 Å². The van der Waals surface area contributed by atoms with Crippen molar-refractivity contribution in [1.29, 1.82) is 0 Å². The van der Waals surface area contributed by atoms with Gasteiger partial charge in [0.1, 0.15) is 67.1 Å². The number of fused-ring (bicyclic) bond motifs is 7. The van der Waals surface area contributed by atoms with Gasteiger partial charge in [-0.15, -0.1) is 0 Å². The molecule has 0 spiro atoms. The standard InChI is InChI=1S/C47H76O18/c1-42(2)13-15-47(41(58)59)16-14-45(5)22(23(47)17-42)7-8-28-43(3)11-10-29(44(4,21-50)27(43)9-12-46(28,45)6)63-40-37(30(52)24(51)20-60-40)65-39-35(57)36(32(54)26(19-49)62-39)64-38-34(56)33(55)31(53)25(18-48)61-38/h7,23-40,48-57H,8-21H2,1-6H3,(H,58,59). The molecule has 0 amide bonds. The summed E-state index contributed by atoms with van der Waals surface area (Å²) in [5.41, 5.74) is -0.738. The van der Waals surface area contributed by atoms with Crippen LogP contribution in [0.1, 0.15) is 106 Å². The average molecular weight is 929 g/mol. The normalized spacial score (nSPS) is 54.3. The monoisotopic (exact) mass is 929 g/mol. The van der Waals surface area contributed by atoms with Crippen LogP contribution in [0.4, 0.5) is 0 Å². The van der Waals surface area contributed by atoms with Crippen molar-refractivity contribution < 1.29 is 89.4 Å². The van der Waals surface area contributed by atoms with E-state index in [-0.39, 0.29) is 52.6 Å². The molecule has 23 unspecified atom stereocenters. The van der Waals surface area contributed by atoms with Crippen LogP contribution in [0.5, 0.6) is 0 Å². The van der Waals surface area contributed by atoms with Crippen LogP contribution in [-0.4, -0.2) is 181 Å². The Hall–Kier alpha value is -1.43. The quantitative estimate of drug-likeness (QED) is 0.104. The second-order valence-electron chi connectivity index (χ2n) is 22.9. The van der Waals surface area contributed by atoms with Gasteiger partial charge in [-0.05, 0) is 104 Å². The van der Waals surface area contributed by atoms with Crippen LogP contribution >= 0.6 is 0 Å². The van der Waals surface area contributed by atoms with E-state index >= 15 is 0 Å². The highest BCUT2D eigenvalue weighted by Crippen LogP contribution is 2.76. The van der Waals surface area contributed by atoms with E-state index in [0.29, 0.717) is 19.3 Å². The maximum Gasteiger partial charge on any atom is 0.310 e. The molecule has 8 aliphatic rings. The highest BCUT2D eigenvalue weighted by molar-refractivity contribution is 5.76. The van der Waals surface area contributed by atoms with E-state index < -0.39 is 122 Å². The van der Waals surface area contributed by atoms with Gasteiger partial charge in [0.2, 0.25) is 0 Å². The van der Waals surface area contributed by atoms with Gasteiger partial charge in [0.15, 0.2) is 18.9 Å². The molecule has 0 bridgehead atoms. The zero-order valence-corrected chi connectivity index (χ0v) is 38.6. The minimum Gasteiger partial charge on any atom is -0.481 e. The summed E-state index contributed by atoms with van der Waals surface area (Å²) < 4.78 is 35.9. The molecule has 3 heterocycles. The van der Waals surface area contributed by atoms with E-state index in [0.717, 1.165) is 44.9 Å². The van der Waals surface area contributed by atoms with Crippen molar-refractivity contribution in [3.8, 4) is 0 Å². The van der Waals surface area contributed by atoms with E-state index in [1.165, 1.54) is 5.57 Å². The number of aliphatic hydroxyl groups is 10. The first kappa shape index (κ1) is 50.0. The number of hydrogen-bond donors (Lipinski definition) is 11. The molecule has 3 aliphatic heterocycles. The summed E-state index contributed by atoms with van der Waals surface area (Å²) in [6, 6.07) is 0. The fourth-order valence-corrected chi connectivity index (χ4v) is 14.9. The maximum atomic E-state index is 13.1. The summed E-state index contributed by atoms with van der Waals surface area (Å²) in [5, 5.41) is 118. The minimum atomic E-state index is -1.91. The summed E-state index contributed by atoms with van der Waals surface area (Å²) in [5.74, 6) is -0.462. The van der Waals surface area contributed by atoms with E-state index in [1.807, 2.05) is 6.92 Å². The van der Waals surface area contributed by atoms with Crippen LogP contribution in [-0.2, 0) is 33.2 Å². The lowest BCUT2D eigenvalue weighted by Gasteiger charge is -2.71. The van der Waals surface area contributed by atoms with Crippen LogP contribution in [0.2, 0.25) is 0 Å².